The first-order valence-electron chi connectivity index (χ1n) is 6.46. The fourth-order valence-electron chi connectivity index (χ4n) is 1.65. The SMILES string of the molecule is CCNC(=O)[C@@H](C)OC(=O)c1cc(S(C)(=O)=O)ccc1C. The van der Waals surface area contributed by atoms with Crippen molar-refractivity contribution >= 4 is 21.7 Å². The van der Waals surface area contributed by atoms with Crippen LogP contribution in [0.1, 0.15) is 29.8 Å². The molecule has 0 fully saturated rings. The second-order valence-corrected chi connectivity index (χ2v) is 6.71. The molecule has 1 aromatic rings. The highest BCUT2D eigenvalue weighted by Crippen LogP contribution is 2.17. The summed E-state index contributed by atoms with van der Waals surface area (Å²) in [6, 6.07) is 4.22. The maximum absolute atomic E-state index is 12.1. The topological polar surface area (TPSA) is 89.5 Å². The number of nitrogens with one attached hydrogen (secondary N) is 1. The molecule has 0 aliphatic rings. The zero-order valence-electron chi connectivity index (χ0n) is 12.5. The highest BCUT2D eigenvalue weighted by molar-refractivity contribution is 7.90. The van der Waals surface area contributed by atoms with E-state index in [1.807, 2.05) is 0 Å². The molecule has 1 aromatic carbocycles. The number of benzene rings is 1. The molecule has 116 valence electrons. The Hall–Kier alpha value is -1.89. The molecular formula is C14H19NO5S. The van der Waals surface area contributed by atoms with Crippen LogP contribution in [0.2, 0.25) is 0 Å². The number of esters is 1. The predicted molar refractivity (Wildman–Crippen MR) is 77.9 cm³/mol. The molecular weight excluding hydrogens is 294 g/mol. The van der Waals surface area contributed by atoms with Crippen molar-refractivity contribution in [1.29, 1.82) is 0 Å². The van der Waals surface area contributed by atoms with E-state index in [0.29, 0.717) is 12.1 Å². The quantitative estimate of drug-likeness (QED) is 0.822. The molecule has 1 rings (SSSR count). The van der Waals surface area contributed by atoms with Gasteiger partial charge < -0.3 is 10.1 Å². The molecule has 0 saturated carbocycles. The molecule has 1 N–H and O–H groups in total. The smallest absolute Gasteiger partial charge is 0.339 e. The lowest BCUT2D eigenvalue weighted by atomic mass is 10.1. The van der Waals surface area contributed by atoms with Crippen LogP contribution < -0.4 is 5.32 Å². The molecule has 0 heterocycles. The van der Waals surface area contributed by atoms with E-state index in [1.165, 1.54) is 25.1 Å². The average Bonchev–Trinajstić information content (AvgIpc) is 2.37. The van der Waals surface area contributed by atoms with Crippen molar-refractivity contribution in [2.45, 2.75) is 31.8 Å². The van der Waals surface area contributed by atoms with Gasteiger partial charge in [0.2, 0.25) is 0 Å². The monoisotopic (exact) mass is 313 g/mol. The normalized spacial score (nSPS) is 12.6. The summed E-state index contributed by atoms with van der Waals surface area (Å²) in [6.07, 6.45) is 0.114. The van der Waals surface area contributed by atoms with E-state index >= 15 is 0 Å². The maximum Gasteiger partial charge on any atom is 0.339 e. The van der Waals surface area contributed by atoms with Crippen LogP contribution in [0.15, 0.2) is 23.1 Å². The molecule has 0 spiro atoms. The molecule has 21 heavy (non-hydrogen) atoms. The molecule has 0 aliphatic carbocycles. The van der Waals surface area contributed by atoms with Crippen LogP contribution >= 0.6 is 0 Å². The number of carbonyl (C=O) groups is 2. The Bertz CT molecular complexity index is 651. The fraction of sp³-hybridized carbons (Fsp3) is 0.429. The molecule has 0 bridgehead atoms. The van der Waals surface area contributed by atoms with Crippen molar-refractivity contribution in [2.24, 2.45) is 0 Å². The summed E-state index contributed by atoms with van der Waals surface area (Å²) in [5.41, 5.74) is 0.713. The number of ether oxygens (including phenoxy) is 1. The van der Waals surface area contributed by atoms with Gasteiger partial charge in [0.15, 0.2) is 15.9 Å². The Morgan fingerprint density at radius 1 is 1.33 bits per heavy atom. The Labute approximate surface area is 124 Å². The zero-order chi connectivity index (χ0) is 16.2. The Morgan fingerprint density at radius 2 is 1.95 bits per heavy atom. The highest BCUT2D eigenvalue weighted by atomic mass is 32.2. The predicted octanol–water partition coefficient (Wildman–Crippen LogP) is 1.08. The second kappa shape index (κ2) is 6.71. The summed E-state index contributed by atoms with van der Waals surface area (Å²) >= 11 is 0. The van der Waals surface area contributed by atoms with Crippen molar-refractivity contribution < 1.29 is 22.7 Å². The van der Waals surface area contributed by atoms with Crippen molar-refractivity contribution in [3.05, 3.63) is 29.3 Å². The number of sulfone groups is 1. The van der Waals surface area contributed by atoms with Crippen LogP contribution in [-0.2, 0) is 19.4 Å². The lowest BCUT2D eigenvalue weighted by Gasteiger charge is -2.14. The number of likely N-dealkylation sites (N-methyl/N-ethyl adjacent to an activating group) is 1. The third kappa shape index (κ3) is 4.56. The number of carbonyl (C=O) groups excluding carboxylic acids is 2. The summed E-state index contributed by atoms with van der Waals surface area (Å²) in [5.74, 6) is -1.13. The summed E-state index contributed by atoms with van der Waals surface area (Å²) in [4.78, 5) is 23.6. The molecule has 6 nitrogen and oxygen atoms in total. The minimum atomic E-state index is -3.42. The van der Waals surface area contributed by atoms with Gasteiger partial charge in [-0.3, -0.25) is 4.79 Å². The Balaban J connectivity index is 3.00. The number of rotatable bonds is 5. The lowest BCUT2D eigenvalue weighted by molar-refractivity contribution is -0.128. The molecule has 1 amide bonds. The molecule has 0 radical (unpaired) electrons. The second-order valence-electron chi connectivity index (χ2n) is 4.69. The third-order valence-electron chi connectivity index (χ3n) is 2.86. The third-order valence-corrected chi connectivity index (χ3v) is 3.97. The van der Waals surface area contributed by atoms with Gasteiger partial charge >= 0.3 is 5.97 Å². The minimum absolute atomic E-state index is 0.0331. The van der Waals surface area contributed by atoms with Gasteiger partial charge in [-0.25, -0.2) is 13.2 Å². The molecule has 7 heteroatoms. The van der Waals surface area contributed by atoms with E-state index < -0.39 is 27.8 Å². The van der Waals surface area contributed by atoms with Crippen LogP contribution in [0.25, 0.3) is 0 Å². The van der Waals surface area contributed by atoms with Gasteiger partial charge in [-0.1, -0.05) is 6.07 Å². The van der Waals surface area contributed by atoms with E-state index in [4.69, 9.17) is 4.74 Å². The number of hydrogen-bond acceptors (Lipinski definition) is 5. The van der Waals surface area contributed by atoms with Gasteiger partial charge in [0.25, 0.3) is 5.91 Å². The van der Waals surface area contributed by atoms with Crippen molar-refractivity contribution in [2.75, 3.05) is 12.8 Å². The zero-order valence-corrected chi connectivity index (χ0v) is 13.3. The summed E-state index contributed by atoms with van der Waals surface area (Å²) in [6.45, 7) is 5.31. The number of aryl methyl sites for hydroxylation is 1. The van der Waals surface area contributed by atoms with E-state index in [2.05, 4.69) is 5.32 Å². The van der Waals surface area contributed by atoms with Gasteiger partial charge in [-0.2, -0.15) is 0 Å². The van der Waals surface area contributed by atoms with Crippen LogP contribution in [-0.4, -0.2) is 39.2 Å². The summed E-state index contributed by atoms with van der Waals surface area (Å²) in [7, 11) is -3.42. The molecule has 1 atom stereocenters. The standard InChI is InChI=1S/C14H19NO5S/c1-5-15-13(16)10(3)20-14(17)12-8-11(21(4,18)19)7-6-9(12)2/h6-8,10H,5H2,1-4H3,(H,15,16)/t10-/m1/s1. The van der Waals surface area contributed by atoms with E-state index in [0.717, 1.165) is 6.26 Å². The van der Waals surface area contributed by atoms with E-state index in [-0.39, 0.29) is 10.5 Å². The average molecular weight is 313 g/mol. The van der Waals surface area contributed by atoms with Crippen LogP contribution in [0, 0.1) is 6.92 Å². The first-order valence-corrected chi connectivity index (χ1v) is 8.35. The first kappa shape index (κ1) is 17.2. The van der Waals surface area contributed by atoms with Crippen LogP contribution in [0.5, 0.6) is 0 Å². The Kier molecular flexibility index (Phi) is 5.48. The molecule has 0 saturated heterocycles. The van der Waals surface area contributed by atoms with Crippen LogP contribution in [0.3, 0.4) is 0 Å². The summed E-state index contributed by atoms with van der Waals surface area (Å²) < 4.78 is 28.1. The maximum atomic E-state index is 12.1. The van der Waals surface area contributed by atoms with Crippen molar-refractivity contribution in [1.82, 2.24) is 5.32 Å². The largest absolute Gasteiger partial charge is 0.449 e. The number of amides is 1. The van der Waals surface area contributed by atoms with Gasteiger partial charge in [0, 0.05) is 12.8 Å². The van der Waals surface area contributed by atoms with Gasteiger partial charge in [-0.15, -0.1) is 0 Å². The van der Waals surface area contributed by atoms with Gasteiger partial charge in [-0.05, 0) is 38.5 Å². The lowest BCUT2D eigenvalue weighted by Crippen LogP contribution is -2.35. The van der Waals surface area contributed by atoms with Crippen LogP contribution in [0.4, 0.5) is 0 Å². The molecule has 0 aromatic heterocycles. The summed E-state index contributed by atoms with van der Waals surface area (Å²) in [5, 5.41) is 2.54. The first-order chi connectivity index (χ1) is 9.66. The molecule has 0 unspecified atom stereocenters. The van der Waals surface area contributed by atoms with E-state index in [9.17, 15) is 18.0 Å². The van der Waals surface area contributed by atoms with Gasteiger partial charge in [0.05, 0.1) is 10.5 Å². The fourth-order valence-corrected chi connectivity index (χ4v) is 2.29. The van der Waals surface area contributed by atoms with E-state index in [1.54, 1.807) is 13.8 Å². The Morgan fingerprint density at radius 3 is 2.48 bits per heavy atom. The van der Waals surface area contributed by atoms with Crippen molar-refractivity contribution in [3.63, 3.8) is 0 Å². The molecule has 0 aliphatic heterocycles. The highest BCUT2D eigenvalue weighted by Gasteiger charge is 2.21. The van der Waals surface area contributed by atoms with Crippen molar-refractivity contribution in [3.8, 4) is 0 Å². The van der Waals surface area contributed by atoms with Gasteiger partial charge in [0.1, 0.15) is 0 Å². The minimum Gasteiger partial charge on any atom is -0.449 e. The number of hydrogen-bond donors (Lipinski definition) is 1.